The Morgan fingerprint density at radius 1 is 0.914 bits per heavy atom. The molecular weight excluding hydrogens is 486 g/mol. The van der Waals surface area contributed by atoms with E-state index in [1.165, 1.54) is 25.3 Å². The van der Waals surface area contributed by atoms with Gasteiger partial charge < -0.3 is 14.8 Å². The third-order valence-corrected chi connectivity index (χ3v) is 4.58. The van der Waals surface area contributed by atoms with Gasteiger partial charge in [-0.25, -0.2) is 0 Å². The van der Waals surface area contributed by atoms with Gasteiger partial charge in [0, 0.05) is 17.7 Å². The first-order chi connectivity index (χ1) is 16.3. The van der Waals surface area contributed by atoms with Crippen LogP contribution in [0.1, 0.15) is 21.5 Å². The number of nitro groups is 1. The van der Waals surface area contributed by atoms with E-state index in [0.717, 1.165) is 30.3 Å². The van der Waals surface area contributed by atoms with Gasteiger partial charge in [0.25, 0.3) is 11.6 Å². The fourth-order valence-corrected chi connectivity index (χ4v) is 2.95. The summed E-state index contributed by atoms with van der Waals surface area (Å²) in [6.07, 6.45) is -9.66. The Bertz CT molecular complexity index is 1270. The van der Waals surface area contributed by atoms with Crippen LogP contribution in [0.25, 0.3) is 0 Å². The van der Waals surface area contributed by atoms with Crippen molar-refractivity contribution in [3.05, 3.63) is 87.5 Å². The summed E-state index contributed by atoms with van der Waals surface area (Å²) >= 11 is 0. The summed E-state index contributed by atoms with van der Waals surface area (Å²) in [5.74, 6) is -1.93. The van der Waals surface area contributed by atoms with Crippen molar-refractivity contribution in [3.63, 3.8) is 0 Å². The van der Waals surface area contributed by atoms with E-state index in [2.05, 4.69) is 5.32 Å². The van der Waals surface area contributed by atoms with Gasteiger partial charge >= 0.3 is 12.4 Å². The van der Waals surface area contributed by atoms with Crippen molar-refractivity contribution in [2.75, 3.05) is 12.4 Å². The van der Waals surface area contributed by atoms with Crippen molar-refractivity contribution in [2.45, 2.75) is 12.4 Å². The molecule has 35 heavy (non-hydrogen) atoms. The van der Waals surface area contributed by atoms with Gasteiger partial charge in [0.1, 0.15) is 22.8 Å². The minimum absolute atomic E-state index is 0.0561. The van der Waals surface area contributed by atoms with Crippen LogP contribution in [0.4, 0.5) is 37.7 Å². The first-order valence-corrected chi connectivity index (χ1v) is 9.49. The molecule has 3 aromatic carbocycles. The fourth-order valence-electron chi connectivity index (χ4n) is 2.95. The number of alkyl halides is 6. The first kappa shape index (κ1) is 25.3. The second-order valence-corrected chi connectivity index (χ2v) is 6.93. The number of nitrogens with zero attached hydrogens (tertiary/aromatic N) is 1. The highest BCUT2D eigenvalue weighted by atomic mass is 19.4. The van der Waals surface area contributed by atoms with E-state index in [1.807, 2.05) is 0 Å². The Balaban J connectivity index is 1.90. The minimum Gasteiger partial charge on any atom is -0.495 e. The molecule has 0 aliphatic heterocycles. The highest BCUT2D eigenvalue weighted by molar-refractivity contribution is 6.05. The molecule has 0 heterocycles. The zero-order chi connectivity index (χ0) is 26.0. The SMILES string of the molecule is COc1ccc(C(F)(F)F)cc1NC(=O)c1cccc(Oc2ccc([N+](=O)[O-])cc2C(F)(F)F)c1. The molecule has 184 valence electrons. The number of carbonyl (C=O) groups is 1. The number of ether oxygens (including phenoxy) is 2. The van der Waals surface area contributed by atoms with Crippen molar-refractivity contribution in [1.82, 2.24) is 0 Å². The second-order valence-electron chi connectivity index (χ2n) is 6.93. The maximum atomic E-state index is 13.4. The summed E-state index contributed by atoms with van der Waals surface area (Å²) in [4.78, 5) is 22.5. The molecule has 0 atom stereocenters. The number of rotatable bonds is 6. The lowest BCUT2D eigenvalue weighted by molar-refractivity contribution is -0.385. The molecule has 0 fully saturated rings. The molecule has 0 aliphatic carbocycles. The van der Waals surface area contributed by atoms with Crippen LogP contribution in [-0.4, -0.2) is 17.9 Å². The first-order valence-electron chi connectivity index (χ1n) is 9.49. The molecule has 0 radical (unpaired) electrons. The lowest BCUT2D eigenvalue weighted by Gasteiger charge is -2.15. The van der Waals surface area contributed by atoms with Gasteiger partial charge in [-0.1, -0.05) is 6.07 Å². The molecular formula is C22H14F6N2O5. The number of nitro benzene ring substituents is 1. The van der Waals surface area contributed by atoms with Gasteiger partial charge in [-0.05, 0) is 42.5 Å². The molecule has 0 spiro atoms. The summed E-state index contributed by atoms with van der Waals surface area (Å²) in [7, 11) is 1.19. The number of non-ortho nitro benzene ring substituents is 1. The summed E-state index contributed by atoms with van der Waals surface area (Å²) in [6.45, 7) is 0. The summed E-state index contributed by atoms with van der Waals surface area (Å²) in [5.41, 5.74) is -3.68. The van der Waals surface area contributed by atoms with E-state index in [9.17, 15) is 41.3 Å². The Kier molecular flexibility index (Phi) is 6.89. The molecule has 0 saturated heterocycles. The zero-order valence-electron chi connectivity index (χ0n) is 17.5. The number of hydrogen-bond acceptors (Lipinski definition) is 5. The Labute approximate surface area is 193 Å². The van der Waals surface area contributed by atoms with Gasteiger partial charge in [0.2, 0.25) is 0 Å². The largest absolute Gasteiger partial charge is 0.495 e. The minimum atomic E-state index is -4.98. The van der Waals surface area contributed by atoms with Crippen molar-refractivity contribution in [1.29, 1.82) is 0 Å². The molecule has 13 heteroatoms. The molecule has 1 N–H and O–H groups in total. The molecule has 0 aromatic heterocycles. The van der Waals surface area contributed by atoms with E-state index >= 15 is 0 Å². The predicted molar refractivity (Wildman–Crippen MR) is 111 cm³/mol. The molecule has 0 aliphatic rings. The average Bonchev–Trinajstić information content (AvgIpc) is 2.78. The highest BCUT2D eigenvalue weighted by Crippen LogP contribution is 2.40. The standard InChI is InChI=1S/C22H14F6N2O5/c1-34-19-7-5-13(21(23,24)25)10-17(19)29-20(31)12-3-2-4-15(9-12)35-18-8-6-14(30(32)33)11-16(18)22(26,27)28/h2-11H,1H3,(H,29,31). The number of halogens is 6. The second kappa shape index (κ2) is 9.52. The lowest BCUT2D eigenvalue weighted by Crippen LogP contribution is -2.14. The topological polar surface area (TPSA) is 90.7 Å². The number of benzene rings is 3. The molecule has 1 amide bonds. The van der Waals surface area contributed by atoms with E-state index in [1.54, 1.807) is 0 Å². The van der Waals surface area contributed by atoms with Crippen LogP contribution in [0.5, 0.6) is 17.2 Å². The maximum absolute atomic E-state index is 13.4. The van der Waals surface area contributed by atoms with E-state index in [-0.39, 0.29) is 22.7 Å². The zero-order valence-corrected chi connectivity index (χ0v) is 17.5. The number of amides is 1. The summed E-state index contributed by atoms with van der Waals surface area (Å²) < 4.78 is 89.4. The molecule has 7 nitrogen and oxygen atoms in total. The smallest absolute Gasteiger partial charge is 0.420 e. The fraction of sp³-hybridized carbons (Fsp3) is 0.136. The normalized spacial score (nSPS) is 11.6. The van der Waals surface area contributed by atoms with Gasteiger partial charge in [0.05, 0.1) is 23.3 Å². The van der Waals surface area contributed by atoms with Crippen molar-refractivity contribution in [3.8, 4) is 17.2 Å². The van der Waals surface area contributed by atoms with Crippen molar-refractivity contribution in [2.24, 2.45) is 0 Å². The molecule has 0 saturated carbocycles. The lowest BCUT2D eigenvalue weighted by atomic mass is 10.1. The number of carbonyl (C=O) groups excluding carboxylic acids is 1. The third kappa shape index (κ3) is 5.99. The van der Waals surface area contributed by atoms with Crippen LogP contribution < -0.4 is 14.8 Å². The van der Waals surface area contributed by atoms with Gasteiger partial charge in [-0.3, -0.25) is 14.9 Å². The van der Waals surface area contributed by atoms with Crippen molar-refractivity contribution < 1.29 is 45.5 Å². The van der Waals surface area contributed by atoms with Crippen LogP contribution in [0, 0.1) is 10.1 Å². The number of hydrogen-bond donors (Lipinski definition) is 1. The quantitative estimate of drug-likeness (QED) is 0.232. The number of anilines is 1. The maximum Gasteiger partial charge on any atom is 0.420 e. The van der Waals surface area contributed by atoms with Gasteiger partial charge in [-0.15, -0.1) is 0 Å². The van der Waals surface area contributed by atoms with Crippen LogP contribution in [-0.2, 0) is 12.4 Å². The van der Waals surface area contributed by atoms with Crippen LogP contribution in [0.3, 0.4) is 0 Å². The van der Waals surface area contributed by atoms with E-state index in [4.69, 9.17) is 9.47 Å². The van der Waals surface area contributed by atoms with Crippen LogP contribution >= 0.6 is 0 Å². The van der Waals surface area contributed by atoms with Gasteiger partial charge in [0.15, 0.2) is 0 Å². The van der Waals surface area contributed by atoms with E-state index < -0.39 is 45.7 Å². The monoisotopic (exact) mass is 500 g/mol. The summed E-state index contributed by atoms with van der Waals surface area (Å²) in [6, 6.07) is 9.16. The van der Waals surface area contributed by atoms with Crippen LogP contribution in [0.15, 0.2) is 60.7 Å². The average molecular weight is 500 g/mol. The predicted octanol–water partition coefficient (Wildman–Crippen LogP) is 6.69. The molecule has 0 unspecified atom stereocenters. The highest BCUT2D eigenvalue weighted by Gasteiger charge is 2.36. The Hall–Kier alpha value is -4.29. The third-order valence-electron chi connectivity index (χ3n) is 4.58. The summed E-state index contributed by atoms with van der Waals surface area (Å²) in [5, 5.41) is 13.1. The van der Waals surface area contributed by atoms with Gasteiger partial charge in [-0.2, -0.15) is 26.3 Å². The molecule has 0 bridgehead atoms. The van der Waals surface area contributed by atoms with E-state index in [0.29, 0.717) is 12.1 Å². The Morgan fingerprint density at radius 3 is 2.20 bits per heavy atom. The number of methoxy groups -OCH3 is 1. The number of nitrogens with one attached hydrogen (secondary N) is 1. The Morgan fingerprint density at radius 2 is 1.60 bits per heavy atom. The molecule has 3 rings (SSSR count). The molecule has 3 aromatic rings. The van der Waals surface area contributed by atoms with Crippen molar-refractivity contribution >= 4 is 17.3 Å². The van der Waals surface area contributed by atoms with Crippen LogP contribution in [0.2, 0.25) is 0 Å².